The number of nitrogens with zero attached hydrogens (tertiary/aromatic N) is 1. The normalized spacial score (nSPS) is 38.5. The Morgan fingerprint density at radius 2 is 2.08 bits per heavy atom. The van der Waals surface area contributed by atoms with Gasteiger partial charge in [-0.25, -0.2) is 0 Å². The Morgan fingerprint density at radius 3 is 2.58 bits per heavy atom. The van der Waals surface area contributed by atoms with Crippen LogP contribution in [0.4, 0.5) is 0 Å². The molecule has 3 atom stereocenters. The fourth-order valence-electron chi connectivity index (χ4n) is 2.27. The number of hydrogen-bond acceptors (Lipinski definition) is 2. The van der Waals surface area contributed by atoms with Gasteiger partial charge in [-0.05, 0) is 32.9 Å². The second kappa shape index (κ2) is 4.24. The van der Waals surface area contributed by atoms with Crippen LogP contribution < -0.4 is 5.32 Å². The maximum atomic E-state index is 3.40. The minimum Gasteiger partial charge on any atom is -0.317 e. The Morgan fingerprint density at radius 1 is 1.42 bits per heavy atom. The Labute approximate surface area is 76.3 Å². The van der Waals surface area contributed by atoms with Crippen LogP contribution >= 0.6 is 0 Å². The monoisotopic (exact) mass is 170 g/mol. The summed E-state index contributed by atoms with van der Waals surface area (Å²) in [4.78, 5) is 2.57. The molecule has 0 amide bonds. The lowest BCUT2D eigenvalue weighted by Gasteiger charge is -2.41. The zero-order valence-corrected chi connectivity index (χ0v) is 8.80. The van der Waals surface area contributed by atoms with E-state index in [-0.39, 0.29) is 0 Å². The zero-order chi connectivity index (χ0) is 9.14. The van der Waals surface area contributed by atoms with Crippen molar-refractivity contribution in [3.8, 4) is 0 Å². The molecule has 2 heteroatoms. The molecule has 0 spiro atoms. The fourth-order valence-corrected chi connectivity index (χ4v) is 2.27. The molecule has 72 valence electrons. The van der Waals surface area contributed by atoms with E-state index in [1.165, 1.54) is 19.5 Å². The van der Waals surface area contributed by atoms with Crippen LogP contribution in [0, 0.1) is 5.92 Å². The first kappa shape index (κ1) is 10.0. The van der Waals surface area contributed by atoms with Gasteiger partial charge < -0.3 is 10.2 Å². The summed E-state index contributed by atoms with van der Waals surface area (Å²) in [6, 6.07) is 1.48. The highest BCUT2D eigenvalue weighted by molar-refractivity contribution is 4.85. The van der Waals surface area contributed by atoms with Gasteiger partial charge in [0.1, 0.15) is 0 Å². The van der Waals surface area contributed by atoms with E-state index in [0.717, 1.165) is 18.0 Å². The number of hydrogen-bond donors (Lipinski definition) is 1. The standard InChI is InChI=1S/C10H22N2/c1-5-12-7-8(2)10(11-4)6-9(12)3/h8-11H,5-7H2,1-4H3. The van der Waals surface area contributed by atoms with Crippen molar-refractivity contribution in [3.63, 3.8) is 0 Å². The van der Waals surface area contributed by atoms with Gasteiger partial charge >= 0.3 is 0 Å². The maximum Gasteiger partial charge on any atom is 0.0117 e. The number of likely N-dealkylation sites (tertiary alicyclic amines) is 1. The molecule has 1 rings (SSSR count). The van der Waals surface area contributed by atoms with Gasteiger partial charge in [-0.2, -0.15) is 0 Å². The summed E-state index contributed by atoms with van der Waals surface area (Å²) in [7, 11) is 2.08. The molecule has 0 aromatic rings. The Bertz CT molecular complexity index is 120. The molecule has 0 saturated carbocycles. The molecule has 1 fully saturated rings. The summed E-state index contributed by atoms with van der Waals surface area (Å²) < 4.78 is 0. The van der Waals surface area contributed by atoms with Crippen LogP contribution in [0.1, 0.15) is 27.2 Å². The average Bonchev–Trinajstić information content (AvgIpc) is 2.08. The lowest BCUT2D eigenvalue weighted by Crippen LogP contribution is -2.51. The first-order valence-corrected chi connectivity index (χ1v) is 5.10. The summed E-state index contributed by atoms with van der Waals surface area (Å²) in [6.45, 7) is 9.38. The molecular weight excluding hydrogens is 148 g/mol. The van der Waals surface area contributed by atoms with Gasteiger partial charge in [0.15, 0.2) is 0 Å². The van der Waals surface area contributed by atoms with E-state index in [1.807, 2.05) is 0 Å². The van der Waals surface area contributed by atoms with Crippen molar-refractivity contribution in [2.24, 2.45) is 5.92 Å². The summed E-state index contributed by atoms with van der Waals surface area (Å²) in [6.07, 6.45) is 1.30. The van der Waals surface area contributed by atoms with Crippen LogP contribution in [0.3, 0.4) is 0 Å². The van der Waals surface area contributed by atoms with E-state index in [1.54, 1.807) is 0 Å². The van der Waals surface area contributed by atoms with Gasteiger partial charge in [-0.1, -0.05) is 13.8 Å². The Kier molecular flexibility index (Phi) is 3.53. The van der Waals surface area contributed by atoms with E-state index >= 15 is 0 Å². The van der Waals surface area contributed by atoms with Gasteiger partial charge in [0.2, 0.25) is 0 Å². The Hall–Kier alpha value is -0.0800. The summed E-state index contributed by atoms with van der Waals surface area (Å²) >= 11 is 0. The van der Waals surface area contributed by atoms with Crippen LogP contribution in [-0.4, -0.2) is 37.1 Å². The predicted octanol–water partition coefficient (Wildman–Crippen LogP) is 1.32. The fraction of sp³-hybridized carbons (Fsp3) is 1.00. The van der Waals surface area contributed by atoms with Gasteiger partial charge in [-0.15, -0.1) is 0 Å². The van der Waals surface area contributed by atoms with Crippen LogP contribution in [0.25, 0.3) is 0 Å². The third-order valence-electron chi connectivity index (χ3n) is 3.20. The van der Waals surface area contributed by atoms with Crippen molar-refractivity contribution < 1.29 is 0 Å². The second-order valence-corrected chi connectivity index (χ2v) is 4.04. The van der Waals surface area contributed by atoms with Crippen molar-refractivity contribution in [1.29, 1.82) is 0 Å². The molecule has 2 nitrogen and oxygen atoms in total. The highest BCUT2D eigenvalue weighted by Crippen LogP contribution is 2.21. The molecule has 0 aliphatic carbocycles. The average molecular weight is 170 g/mol. The molecule has 12 heavy (non-hydrogen) atoms. The molecule has 1 heterocycles. The smallest absolute Gasteiger partial charge is 0.0117 e. The number of piperidine rings is 1. The molecule has 1 aliphatic rings. The minimum atomic E-state index is 0.725. The quantitative estimate of drug-likeness (QED) is 0.672. The van der Waals surface area contributed by atoms with Gasteiger partial charge in [0.25, 0.3) is 0 Å². The first-order valence-electron chi connectivity index (χ1n) is 5.10. The van der Waals surface area contributed by atoms with Crippen molar-refractivity contribution in [2.75, 3.05) is 20.1 Å². The van der Waals surface area contributed by atoms with Gasteiger partial charge in [-0.3, -0.25) is 0 Å². The highest BCUT2D eigenvalue weighted by atomic mass is 15.2. The summed E-state index contributed by atoms with van der Waals surface area (Å²) in [5.41, 5.74) is 0. The van der Waals surface area contributed by atoms with Crippen LogP contribution in [0.15, 0.2) is 0 Å². The number of nitrogens with one attached hydrogen (secondary N) is 1. The van der Waals surface area contributed by atoms with E-state index in [9.17, 15) is 0 Å². The predicted molar refractivity (Wildman–Crippen MR) is 53.3 cm³/mol. The molecule has 0 bridgehead atoms. The number of rotatable bonds is 2. The molecule has 0 aromatic carbocycles. The van der Waals surface area contributed by atoms with Crippen molar-refractivity contribution in [3.05, 3.63) is 0 Å². The molecule has 0 radical (unpaired) electrons. The topological polar surface area (TPSA) is 15.3 Å². The summed E-state index contributed by atoms with van der Waals surface area (Å²) in [5, 5.41) is 3.40. The molecule has 3 unspecified atom stereocenters. The third-order valence-corrected chi connectivity index (χ3v) is 3.20. The molecular formula is C10H22N2. The van der Waals surface area contributed by atoms with E-state index in [0.29, 0.717) is 0 Å². The van der Waals surface area contributed by atoms with Crippen LogP contribution in [0.2, 0.25) is 0 Å². The van der Waals surface area contributed by atoms with Crippen LogP contribution in [0.5, 0.6) is 0 Å². The lowest BCUT2D eigenvalue weighted by atomic mass is 9.90. The second-order valence-electron chi connectivity index (χ2n) is 4.04. The van der Waals surface area contributed by atoms with Gasteiger partial charge in [0, 0.05) is 18.6 Å². The van der Waals surface area contributed by atoms with E-state index in [2.05, 4.69) is 38.0 Å². The third kappa shape index (κ3) is 1.99. The minimum absolute atomic E-state index is 0.725. The first-order chi connectivity index (χ1) is 5.69. The molecule has 1 N–H and O–H groups in total. The SMILES string of the molecule is CCN1CC(C)C(NC)CC1C. The summed E-state index contributed by atoms with van der Waals surface area (Å²) in [5.74, 6) is 0.797. The Balaban J connectivity index is 2.49. The molecule has 0 aromatic heterocycles. The highest BCUT2D eigenvalue weighted by Gasteiger charge is 2.28. The van der Waals surface area contributed by atoms with Crippen molar-refractivity contribution in [1.82, 2.24) is 10.2 Å². The lowest BCUT2D eigenvalue weighted by molar-refractivity contribution is 0.104. The van der Waals surface area contributed by atoms with E-state index in [4.69, 9.17) is 0 Å². The van der Waals surface area contributed by atoms with Crippen molar-refractivity contribution >= 4 is 0 Å². The zero-order valence-electron chi connectivity index (χ0n) is 8.80. The van der Waals surface area contributed by atoms with Crippen molar-refractivity contribution in [2.45, 2.75) is 39.3 Å². The molecule has 1 saturated heterocycles. The van der Waals surface area contributed by atoms with Crippen LogP contribution in [-0.2, 0) is 0 Å². The maximum absolute atomic E-state index is 3.40. The van der Waals surface area contributed by atoms with E-state index < -0.39 is 0 Å². The largest absolute Gasteiger partial charge is 0.317 e. The van der Waals surface area contributed by atoms with Gasteiger partial charge in [0.05, 0.1) is 0 Å². The molecule has 1 aliphatic heterocycles.